The summed E-state index contributed by atoms with van der Waals surface area (Å²) < 4.78 is 0. The third kappa shape index (κ3) is 3.28. The highest BCUT2D eigenvalue weighted by Gasteiger charge is 2.26. The predicted molar refractivity (Wildman–Crippen MR) is 103 cm³/mol. The Labute approximate surface area is 152 Å². The van der Waals surface area contributed by atoms with Crippen LogP contribution in [-0.2, 0) is 0 Å². The maximum atomic E-state index is 13.1. The molecule has 0 saturated heterocycles. The van der Waals surface area contributed by atoms with Gasteiger partial charge in [0.1, 0.15) is 5.56 Å². The number of aromatic nitrogens is 2. The number of hydrogen-bond acceptors (Lipinski definition) is 3. The Morgan fingerprint density at radius 2 is 1.50 bits per heavy atom. The van der Waals surface area contributed by atoms with Gasteiger partial charge in [0.05, 0.1) is 5.69 Å². The molecule has 0 aliphatic rings. The molecule has 0 bridgehead atoms. The highest BCUT2D eigenvalue weighted by atomic mass is 16.2. The van der Waals surface area contributed by atoms with Crippen molar-refractivity contribution in [2.24, 2.45) is 0 Å². The van der Waals surface area contributed by atoms with Crippen LogP contribution < -0.4 is 5.56 Å². The third-order valence-electron chi connectivity index (χ3n) is 4.40. The Balaban J connectivity index is 2.34. The van der Waals surface area contributed by atoms with Crippen LogP contribution in [0.15, 0.2) is 65.5 Å². The second-order valence-corrected chi connectivity index (χ2v) is 6.39. The van der Waals surface area contributed by atoms with Gasteiger partial charge in [0.25, 0.3) is 11.5 Å². The molecule has 0 radical (unpaired) electrons. The first-order chi connectivity index (χ1) is 12.5. The lowest BCUT2D eigenvalue weighted by molar-refractivity contribution is 0.0753. The zero-order chi connectivity index (χ0) is 18.7. The quantitative estimate of drug-likeness (QED) is 0.784. The zero-order valence-electron chi connectivity index (χ0n) is 15.1. The fourth-order valence-corrected chi connectivity index (χ4v) is 2.76. The summed E-state index contributed by atoms with van der Waals surface area (Å²) in [5.74, 6) is -0.320. The molecule has 0 atom stereocenters. The van der Waals surface area contributed by atoms with Crippen LogP contribution in [0, 0.1) is 0 Å². The number of hydrogen-bond donors (Lipinski definition) is 1. The average Bonchev–Trinajstić information content (AvgIpc) is 2.67. The highest BCUT2D eigenvalue weighted by Crippen LogP contribution is 2.32. The molecule has 0 saturated carbocycles. The van der Waals surface area contributed by atoms with E-state index in [4.69, 9.17) is 0 Å². The lowest BCUT2D eigenvalue weighted by Crippen LogP contribution is -2.37. The lowest BCUT2D eigenvalue weighted by Gasteiger charge is -2.23. The second-order valence-electron chi connectivity index (χ2n) is 6.39. The number of nitrogens with one attached hydrogen (secondary N) is 1. The molecular formula is C21H21N3O2. The van der Waals surface area contributed by atoms with Crippen molar-refractivity contribution in [2.45, 2.75) is 19.9 Å². The zero-order valence-corrected chi connectivity index (χ0v) is 15.1. The number of carbonyl (C=O) groups excluding carboxylic acids is 1. The molecule has 0 spiro atoms. The SMILES string of the molecule is CC(C)N(C)C(=O)c1c(-c2ccccc2)c(-c2ccccc2)n[nH]c1=O. The van der Waals surface area contributed by atoms with E-state index in [-0.39, 0.29) is 17.5 Å². The molecule has 0 unspecified atom stereocenters. The molecule has 132 valence electrons. The minimum absolute atomic E-state index is 0.0288. The summed E-state index contributed by atoms with van der Waals surface area (Å²) >= 11 is 0. The van der Waals surface area contributed by atoms with Crippen LogP contribution in [0.5, 0.6) is 0 Å². The van der Waals surface area contributed by atoms with E-state index in [2.05, 4.69) is 10.2 Å². The number of nitrogens with zero attached hydrogens (tertiary/aromatic N) is 2. The van der Waals surface area contributed by atoms with E-state index in [9.17, 15) is 9.59 Å². The number of rotatable bonds is 4. The number of amides is 1. The van der Waals surface area contributed by atoms with Gasteiger partial charge in [-0.15, -0.1) is 0 Å². The molecule has 1 heterocycles. The number of benzene rings is 2. The summed E-state index contributed by atoms with van der Waals surface area (Å²) in [6.07, 6.45) is 0. The Bertz CT molecular complexity index is 964. The van der Waals surface area contributed by atoms with Crippen LogP contribution >= 0.6 is 0 Å². The molecule has 0 aliphatic heterocycles. The van der Waals surface area contributed by atoms with Crippen LogP contribution in [0.2, 0.25) is 0 Å². The molecule has 0 fully saturated rings. The summed E-state index contributed by atoms with van der Waals surface area (Å²) in [5.41, 5.74) is 2.38. The van der Waals surface area contributed by atoms with Gasteiger partial charge in [0, 0.05) is 24.2 Å². The molecule has 3 rings (SSSR count). The minimum atomic E-state index is -0.485. The topological polar surface area (TPSA) is 66.1 Å². The van der Waals surface area contributed by atoms with E-state index < -0.39 is 5.56 Å². The van der Waals surface area contributed by atoms with Crippen LogP contribution in [0.4, 0.5) is 0 Å². The van der Waals surface area contributed by atoms with Crippen molar-refractivity contribution >= 4 is 5.91 Å². The van der Waals surface area contributed by atoms with Crippen molar-refractivity contribution < 1.29 is 4.79 Å². The largest absolute Gasteiger partial charge is 0.339 e. The van der Waals surface area contributed by atoms with Gasteiger partial charge in [-0.3, -0.25) is 9.59 Å². The predicted octanol–water partition coefficient (Wildman–Crippen LogP) is 3.58. The van der Waals surface area contributed by atoms with Gasteiger partial charge >= 0.3 is 0 Å². The molecule has 26 heavy (non-hydrogen) atoms. The van der Waals surface area contributed by atoms with Gasteiger partial charge in [-0.1, -0.05) is 60.7 Å². The molecule has 1 amide bonds. The van der Waals surface area contributed by atoms with Crippen molar-refractivity contribution in [1.29, 1.82) is 0 Å². The van der Waals surface area contributed by atoms with Crippen molar-refractivity contribution in [3.8, 4) is 22.4 Å². The van der Waals surface area contributed by atoms with Gasteiger partial charge in [-0.2, -0.15) is 5.10 Å². The normalized spacial score (nSPS) is 10.8. The first-order valence-corrected chi connectivity index (χ1v) is 8.51. The van der Waals surface area contributed by atoms with Gasteiger partial charge in [0.15, 0.2) is 0 Å². The summed E-state index contributed by atoms with van der Waals surface area (Å²) in [7, 11) is 1.70. The van der Waals surface area contributed by atoms with E-state index in [1.807, 2.05) is 74.5 Å². The molecule has 3 aromatic rings. The Morgan fingerprint density at radius 1 is 0.962 bits per heavy atom. The maximum absolute atomic E-state index is 13.1. The summed E-state index contributed by atoms with van der Waals surface area (Å²) in [5, 5.41) is 6.76. The Morgan fingerprint density at radius 3 is 2.04 bits per heavy atom. The van der Waals surface area contributed by atoms with E-state index in [1.54, 1.807) is 11.9 Å². The second kappa shape index (κ2) is 7.35. The summed E-state index contributed by atoms with van der Waals surface area (Å²) in [6.45, 7) is 3.82. The van der Waals surface area contributed by atoms with Gasteiger partial charge < -0.3 is 4.90 Å². The van der Waals surface area contributed by atoms with Crippen LogP contribution in [0.25, 0.3) is 22.4 Å². The Hall–Kier alpha value is -3.21. The van der Waals surface area contributed by atoms with Gasteiger partial charge in [-0.05, 0) is 19.4 Å². The average molecular weight is 347 g/mol. The highest BCUT2D eigenvalue weighted by molar-refractivity contribution is 6.03. The maximum Gasteiger partial charge on any atom is 0.277 e. The van der Waals surface area contributed by atoms with E-state index in [0.717, 1.165) is 11.1 Å². The molecule has 5 heteroatoms. The van der Waals surface area contributed by atoms with Crippen LogP contribution in [0.3, 0.4) is 0 Å². The van der Waals surface area contributed by atoms with E-state index in [1.165, 1.54) is 0 Å². The van der Waals surface area contributed by atoms with Crippen molar-refractivity contribution in [3.05, 3.63) is 76.6 Å². The summed E-state index contributed by atoms with van der Waals surface area (Å²) in [4.78, 5) is 27.2. The third-order valence-corrected chi connectivity index (χ3v) is 4.40. The smallest absolute Gasteiger partial charge is 0.277 e. The van der Waals surface area contributed by atoms with Crippen LogP contribution in [-0.4, -0.2) is 34.1 Å². The monoisotopic (exact) mass is 347 g/mol. The molecular weight excluding hydrogens is 326 g/mol. The standard InChI is InChI=1S/C21H21N3O2/c1-14(2)24(3)21(26)18-17(15-10-6-4-7-11-15)19(22-23-20(18)25)16-12-8-5-9-13-16/h4-14H,1-3H3,(H,23,25). The number of carbonyl (C=O) groups is 1. The van der Waals surface area contributed by atoms with Gasteiger partial charge in [-0.25, -0.2) is 5.10 Å². The Kier molecular flexibility index (Phi) is 4.98. The molecule has 1 aromatic heterocycles. The molecule has 5 nitrogen and oxygen atoms in total. The number of H-pyrrole nitrogens is 1. The molecule has 0 aliphatic carbocycles. The number of aromatic amines is 1. The van der Waals surface area contributed by atoms with Crippen molar-refractivity contribution in [3.63, 3.8) is 0 Å². The summed E-state index contributed by atoms with van der Waals surface area (Å²) in [6, 6.07) is 18.9. The first-order valence-electron chi connectivity index (χ1n) is 8.51. The first kappa shape index (κ1) is 17.6. The molecule has 1 N–H and O–H groups in total. The minimum Gasteiger partial charge on any atom is -0.339 e. The van der Waals surface area contributed by atoms with Crippen molar-refractivity contribution in [2.75, 3.05) is 7.05 Å². The van der Waals surface area contributed by atoms with Crippen molar-refractivity contribution in [1.82, 2.24) is 15.1 Å². The van der Waals surface area contributed by atoms with E-state index >= 15 is 0 Å². The van der Waals surface area contributed by atoms with Gasteiger partial charge in [0.2, 0.25) is 0 Å². The lowest BCUT2D eigenvalue weighted by atomic mass is 9.95. The van der Waals surface area contributed by atoms with E-state index in [0.29, 0.717) is 11.3 Å². The fraction of sp³-hybridized carbons (Fsp3) is 0.190. The van der Waals surface area contributed by atoms with Crippen LogP contribution in [0.1, 0.15) is 24.2 Å². The molecule has 2 aromatic carbocycles. The fourth-order valence-electron chi connectivity index (χ4n) is 2.76.